The van der Waals surface area contributed by atoms with E-state index in [4.69, 9.17) is 24.2 Å². The normalized spacial score (nSPS) is 15.6. The number of rotatable bonds is 9. The second-order valence-electron chi connectivity index (χ2n) is 9.87. The Balaban J connectivity index is 1.39. The van der Waals surface area contributed by atoms with E-state index < -0.39 is 11.3 Å². The maximum Gasteiger partial charge on any atom is 0.268 e. The third-order valence-electron chi connectivity index (χ3n) is 7.18. The number of hydrogen-bond acceptors (Lipinski definition) is 8. The van der Waals surface area contributed by atoms with Crippen LogP contribution >= 0.6 is 0 Å². The van der Waals surface area contributed by atoms with E-state index in [2.05, 4.69) is 22.3 Å². The molecule has 10 nitrogen and oxygen atoms in total. The van der Waals surface area contributed by atoms with Crippen molar-refractivity contribution in [2.75, 3.05) is 48.4 Å². The van der Waals surface area contributed by atoms with Gasteiger partial charge < -0.3 is 24.4 Å². The van der Waals surface area contributed by atoms with E-state index in [1.54, 1.807) is 38.5 Å². The van der Waals surface area contributed by atoms with Crippen molar-refractivity contribution >= 4 is 51.0 Å². The molecule has 2 unspecified atom stereocenters. The summed E-state index contributed by atoms with van der Waals surface area (Å²) in [5, 5.41) is 3.27. The molecule has 2 N–H and O–H groups in total. The molecule has 43 heavy (non-hydrogen) atoms. The van der Waals surface area contributed by atoms with Gasteiger partial charge in [0.05, 0.1) is 37.5 Å². The van der Waals surface area contributed by atoms with Gasteiger partial charge in [0.15, 0.2) is 11.6 Å². The molecule has 0 bridgehead atoms. The van der Waals surface area contributed by atoms with Crippen LogP contribution in [0.3, 0.4) is 0 Å². The van der Waals surface area contributed by atoms with E-state index in [0.29, 0.717) is 53.6 Å². The van der Waals surface area contributed by atoms with E-state index in [9.17, 15) is 8.76 Å². The molecule has 2 atom stereocenters. The van der Waals surface area contributed by atoms with Crippen LogP contribution in [0.15, 0.2) is 97.1 Å². The number of hydrogen-bond donors (Lipinski definition) is 2. The van der Waals surface area contributed by atoms with Crippen LogP contribution in [0.1, 0.15) is 11.7 Å². The average Bonchev–Trinajstić information content (AvgIpc) is 3.05. The van der Waals surface area contributed by atoms with Crippen LogP contribution in [0.4, 0.5) is 28.7 Å². The van der Waals surface area contributed by atoms with Crippen molar-refractivity contribution in [3.8, 4) is 11.5 Å². The molecule has 5 aromatic rings. The molecule has 6 rings (SSSR count). The summed E-state index contributed by atoms with van der Waals surface area (Å²) in [5.41, 5.74) is 4.31. The number of nitrogens with one attached hydrogen (secondary N) is 1. The molecule has 1 fully saturated rings. The van der Waals surface area contributed by atoms with Crippen molar-refractivity contribution in [3.63, 3.8) is 0 Å². The van der Waals surface area contributed by atoms with Gasteiger partial charge in [0.25, 0.3) is 11.3 Å². The van der Waals surface area contributed by atoms with Gasteiger partial charge in [-0.15, -0.1) is 0 Å². The van der Waals surface area contributed by atoms with Crippen LogP contribution in [0.5, 0.6) is 11.5 Å². The number of ether oxygens (including phenoxy) is 3. The van der Waals surface area contributed by atoms with Crippen LogP contribution in [0.2, 0.25) is 0 Å². The average molecular weight is 598 g/mol. The molecular formula is C32H31N5O5S. The highest BCUT2D eigenvalue weighted by molar-refractivity contribution is 7.81. The van der Waals surface area contributed by atoms with Gasteiger partial charge in [-0.05, 0) is 35.9 Å². The fourth-order valence-corrected chi connectivity index (χ4v) is 5.66. The Morgan fingerprint density at radius 2 is 1.60 bits per heavy atom. The molecule has 1 saturated heterocycles. The second kappa shape index (κ2) is 12.7. The highest BCUT2D eigenvalue weighted by Gasteiger charge is 2.26. The molecule has 4 aromatic carbocycles. The first-order chi connectivity index (χ1) is 21.0. The van der Waals surface area contributed by atoms with Crippen molar-refractivity contribution in [1.82, 2.24) is 9.97 Å². The predicted molar refractivity (Wildman–Crippen MR) is 169 cm³/mol. The standard InChI is InChI=1S/C32H31N5O5S/c1-40-26-17-23(18-27(20-26)41-2)33-31-32(35-29-14-7-6-13-28(29)34-31)37(43(38)39)25-12-8-11-24(19-25)36-15-16-42-30(21-36)22-9-4-3-5-10-22/h3-14,17-20,30H,15-16,21H2,1-2H3,(H,33,34)(H,38,39). The van der Waals surface area contributed by atoms with Gasteiger partial charge in [-0.1, -0.05) is 48.5 Å². The predicted octanol–water partition coefficient (Wildman–Crippen LogP) is 6.24. The second-order valence-corrected chi connectivity index (χ2v) is 10.7. The zero-order chi connectivity index (χ0) is 29.8. The minimum absolute atomic E-state index is 0.0799. The Morgan fingerprint density at radius 1 is 0.907 bits per heavy atom. The van der Waals surface area contributed by atoms with Crippen molar-refractivity contribution < 1.29 is 23.0 Å². The summed E-state index contributed by atoms with van der Waals surface area (Å²) in [6, 6.07) is 30.3. The maximum atomic E-state index is 13.0. The van der Waals surface area contributed by atoms with Crippen LogP contribution in [-0.2, 0) is 16.0 Å². The summed E-state index contributed by atoms with van der Waals surface area (Å²) in [6.45, 7) is 1.90. The van der Waals surface area contributed by atoms with E-state index in [-0.39, 0.29) is 17.7 Å². The first-order valence-corrected chi connectivity index (χ1v) is 14.8. The monoisotopic (exact) mass is 597 g/mol. The van der Waals surface area contributed by atoms with E-state index in [0.717, 1.165) is 11.3 Å². The summed E-state index contributed by atoms with van der Waals surface area (Å²) in [4.78, 5) is 11.8. The van der Waals surface area contributed by atoms with Crippen LogP contribution in [0, 0.1) is 0 Å². The molecule has 0 spiro atoms. The van der Waals surface area contributed by atoms with Crippen LogP contribution < -0.4 is 24.0 Å². The van der Waals surface area contributed by atoms with Crippen molar-refractivity contribution in [2.45, 2.75) is 6.10 Å². The van der Waals surface area contributed by atoms with Gasteiger partial charge in [0.2, 0.25) is 0 Å². The molecule has 220 valence electrons. The van der Waals surface area contributed by atoms with Crippen LogP contribution in [0.25, 0.3) is 11.0 Å². The fourth-order valence-electron chi connectivity index (χ4n) is 5.09. The summed E-state index contributed by atoms with van der Waals surface area (Å²) in [5.74, 6) is 1.62. The minimum atomic E-state index is -2.48. The number of anilines is 5. The van der Waals surface area contributed by atoms with E-state index in [1.165, 1.54) is 4.31 Å². The maximum absolute atomic E-state index is 13.0. The zero-order valence-electron chi connectivity index (χ0n) is 23.7. The summed E-state index contributed by atoms with van der Waals surface area (Å²) >= 11 is -2.48. The zero-order valence-corrected chi connectivity index (χ0v) is 24.5. The number of aromatic nitrogens is 2. The number of para-hydroxylation sites is 2. The molecule has 0 saturated carbocycles. The lowest BCUT2D eigenvalue weighted by atomic mass is 10.1. The molecule has 0 radical (unpaired) electrons. The molecular weight excluding hydrogens is 566 g/mol. The van der Waals surface area contributed by atoms with Gasteiger partial charge in [-0.2, -0.15) is 0 Å². The Kier molecular flexibility index (Phi) is 8.36. The number of methoxy groups -OCH3 is 2. The summed E-state index contributed by atoms with van der Waals surface area (Å²) in [7, 11) is 3.14. The van der Waals surface area contributed by atoms with E-state index in [1.807, 2.05) is 60.7 Å². The summed E-state index contributed by atoms with van der Waals surface area (Å²) < 4.78 is 41.9. The summed E-state index contributed by atoms with van der Waals surface area (Å²) in [6.07, 6.45) is -0.0799. The minimum Gasteiger partial charge on any atom is -0.497 e. The molecule has 0 amide bonds. The highest BCUT2D eigenvalue weighted by atomic mass is 32.2. The molecule has 2 heterocycles. The number of nitrogens with zero attached hydrogens (tertiary/aromatic N) is 4. The lowest BCUT2D eigenvalue weighted by molar-refractivity contribution is 0.0398. The molecule has 11 heteroatoms. The Bertz CT molecular complexity index is 1730. The SMILES string of the molecule is COc1cc(Nc2nc3ccccc3nc2N(c2cccc(N3CCOC(c4ccccc4)C3)c2)S(=O)O)cc(OC)c1. The topological polar surface area (TPSA) is 109 Å². The van der Waals surface area contributed by atoms with Crippen molar-refractivity contribution in [2.24, 2.45) is 0 Å². The first kappa shape index (κ1) is 28.4. The van der Waals surface area contributed by atoms with Gasteiger partial charge >= 0.3 is 0 Å². The highest BCUT2D eigenvalue weighted by Crippen LogP contribution is 2.37. The molecule has 1 aromatic heterocycles. The van der Waals surface area contributed by atoms with Gasteiger partial charge in [-0.25, -0.2) is 18.5 Å². The van der Waals surface area contributed by atoms with Crippen LogP contribution in [-0.4, -0.2) is 52.6 Å². The third kappa shape index (κ3) is 6.24. The lowest BCUT2D eigenvalue weighted by Crippen LogP contribution is -2.38. The first-order valence-electron chi connectivity index (χ1n) is 13.7. The van der Waals surface area contributed by atoms with E-state index >= 15 is 0 Å². The lowest BCUT2D eigenvalue weighted by Gasteiger charge is -2.35. The molecule has 0 aliphatic carbocycles. The van der Waals surface area contributed by atoms with Gasteiger partial charge in [-0.3, -0.25) is 4.55 Å². The molecule has 1 aliphatic rings. The van der Waals surface area contributed by atoms with Crippen molar-refractivity contribution in [1.29, 1.82) is 0 Å². The van der Waals surface area contributed by atoms with Gasteiger partial charge in [0, 0.05) is 42.7 Å². The Morgan fingerprint density at radius 3 is 2.30 bits per heavy atom. The number of morpholine rings is 1. The largest absolute Gasteiger partial charge is 0.497 e. The fraction of sp³-hybridized carbons (Fsp3) is 0.188. The van der Waals surface area contributed by atoms with Crippen molar-refractivity contribution in [3.05, 3.63) is 103 Å². The smallest absolute Gasteiger partial charge is 0.268 e. The molecule has 1 aliphatic heterocycles. The Labute approximate surface area is 252 Å². The number of fused-ring (bicyclic) bond motifs is 1. The van der Waals surface area contributed by atoms with Gasteiger partial charge in [0.1, 0.15) is 17.6 Å². The Hall–Kier alpha value is -4.71. The number of benzene rings is 4. The quantitative estimate of drug-likeness (QED) is 0.191. The third-order valence-corrected chi connectivity index (χ3v) is 7.88.